The van der Waals surface area contributed by atoms with Crippen LogP contribution in [-0.2, 0) is 25.5 Å². The van der Waals surface area contributed by atoms with Gasteiger partial charge in [0.1, 0.15) is 18.0 Å². The van der Waals surface area contributed by atoms with Gasteiger partial charge in [0.2, 0.25) is 5.91 Å². The lowest BCUT2D eigenvalue weighted by Crippen LogP contribution is -2.49. The first-order valence-corrected chi connectivity index (χ1v) is 10.8. The second-order valence-corrected chi connectivity index (χ2v) is 8.48. The van der Waals surface area contributed by atoms with E-state index in [2.05, 4.69) is 10.3 Å². The average molecular weight is 478 g/mol. The maximum Gasteiger partial charge on any atom is 0.349 e. The van der Waals surface area contributed by atoms with E-state index in [0.29, 0.717) is 0 Å². The van der Waals surface area contributed by atoms with E-state index in [4.69, 9.17) is 14.2 Å². The molecule has 0 spiro atoms. The molecule has 3 N–H and O–H groups in total. The molecule has 0 aromatic carbocycles. The second-order valence-electron chi connectivity index (χ2n) is 8.48. The van der Waals surface area contributed by atoms with Crippen LogP contribution < -0.4 is 11.0 Å². The molecule has 2 rings (SSSR count). The molecule has 188 valence electrons. The van der Waals surface area contributed by atoms with Crippen LogP contribution in [0.15, 0.2) is 17.1 Å². The number of aliphatic hydroxyl groups excluding tert-OH is 2. The molecular formula is C21H33F2N3O7. The fourth-order valence-electron chi connectivity index (χ4n) is 3.31. The first-order valence-electron chi connectivity index (χ1n) is 10.8. The van der Waals surface area contributed by atoms with E-state index in [1.165, 1.54) is 46.9 Å². The van der Waals surface area contributed by atoms with E-state index >= 15 is 8.78 Å². The summed E-state index contributed by atoms with van der Waals surface area (Å²) in [4.78, 5) is 27.1. The summed E-state index contributed by atoms with van der Waals surface area (Å²) in [5.74, 6) is -3.97. The zero-order valence-electron chi connectivity index (χ0n) is 19.6. The van der Waals surface area contributed by atoms with Crippen LogP contribution in [0.5, 0.6) is 0 Å². The number of amides is 1. The molecule has 33 heavy (non-hydrogen) atoms. The highest BCUT2D eigenvalue weighted by Gasteiger charge is 2.61. The fraction of sp³-hybridized carbons (Fsp3) is 0.762. The van der Waals surface area contributed by atoms with Gasteiger partial charge in [0.25, 0.3) is 0 Å². The number of hydrogen-bond acceptors (Lipinski definition) is 8. The minimum atomic E-state index is -3.55. The van der Waals surface area contributed by atoms with Crippen LogP contribution >= 0.6 is 0 Å². The van der Waals surface area contributed by atoms with Crippen LogP contribution in [0.4, 0.5) is 14.6 Å². The summed E-state index contributed by atoms with van der Waals surface area (Å²) in [7, 11) is 0. The third-order valence-corrected chi connectivity index (χ3v) is 5.58. The Kier molecular flexibility index (Phi) is 9.05. The fourth-order valence-corrected chi connectivity index (χ4v) is 3.31. The lowest BCUT2D eigenvalue weighted by atomic mass is 10.0. The maximum atomic E-state index is 15.4. The van der Waals surface area contributed by atoms with Gasteiger partial charge in [0.05, 0.1) is 37.1 Å². The van der Waals surface area contributed by atoms with Crippen molar-refractivity contribution in [2.45, 2.75) is 103 Å². The maximum absolute atomic E-state index is 15.4. The number of anilines is 1. The number of hydrogen-bond donors (Lipinski definition) is 3. The third kappa shape index (κ3) is 6.76. The monoisotopic (exact) mass is 477 g/mol. The Morgan fingerprint density at radius 3 is 2.36 bits per heavy atom. The number of aliphatic hydroxyl groups is 2. The van der Waals surface area contributed by atoms with Crippen LogP contribution in [0.3, 0.4) is 0 Å². The van der Waals surface area contributed by atoms with E-state index < -0.39 is 72.9 Å². The summed E-state index contributed by atoms with van der Waals surface area (Å²) in [5, 5.41) is 21.8. The molecule has 10 nitrogen and oxygen atoms in total. The number of nitrogens with one attached hydrogen (secondary N) is 1. The van der Waals surface area contributed by atoms with E-state index in [9.17, 15) is 19.8 Å². The number of alkyl halides is 2. The predicted octanol–water partition coefficient (Wildman–Crippen LogP) is 0.933. The van der Waals surface area contributed by atoms with E-state index in [1.54, 1.807) is 6.92 Å². The highest BCUT2D eigenvalue weighted by molar-refractivity contribution is 5.87. The van der Waals surface area contributed by atoms with Crippen molar-refractivity contribution in [2.75, 3.05) is 5.32 Å². The van der Waals surface area contributed by atoms with Crippen LogP contribution in [0.2, 0.25) is 0 Å². The summed E-state index contributed by atoms with van der Waals surface area (Å²) >= 11 is 0. The van der Waals surface area contributed by atoms with E-state index in [0.717, 1.165) is 4.57 Å². The minimum absolute atomic E-state index is 0.00169. The van der Waals surface area contributed by atoms with Gasteiger partial charge in [-0.25, -0.2) is 13.6 Å². The van der Waals surface area contributed by atoms with Gasteiger partial charge in [-0.3, -0.25) is 9.36 Å². The van der Waals surface area contributed by atoms with Gasteiger partial charge in [-0.05, 0) is 40.7 Å². The van der Waals surface area contributed by atoms with Gasteiger partial charge in [0.15, 0.2) is 6.10 Å². The van der Waals surface area contributed by atoms with Crippen molar-refractivity contribution in [1.29, 1.82) is 0 Å². The van der Waals surface area contributed by atoms with Gasteiger partial charge < -0.3 is 29.7 Å². The lowest BCUT2D eigenvalue weighted by Gasteiger charge is -2.31. The van der Waals surface area contributed by atoms with Gasteiger partial charge in [-0.2, -0.15) is 4.98 Å². The molecule has 1 aliphatic heterocycles. The zero-order chi connectivity index (χ0) is 25.1. The topological polar surface area (TPSA) is 132 Å². The number of rotatable bonds is 10. The van der Waals surface area contributed by atoms with Crippen molar-refractivity contribution in [1.82, 2.24) is 9.55 Å². The average Bonchev–Trinajstić information content (AvgIpc) is 2.93. The Morgan fingerprint density at radius 2 is 1.85 bits per heavy atom. The number of carbonyl (C=O) groups is 1. The smallest absolute Gasteiger partial charge is 0.349 e. The molecule has 0 radical (unpaired) electrons. The van der Waals surface area contributed by atoms with Gasteiger partial charge in [-0.1, -0.05) is 0 Å². The normalized spacial score (nSPS) is 26.9. The summed E-state index contributed by atoms with van der Waals surface area (Å²) in [6.07, 6.45) is -7.86. The van der Waals surface area contributed by atoms with Crippen molar-refractivity contribution in [3.63, 3.8) is 0 Å². The largest absolute Gasteiger partial charge is 0.391 e. The third-order valence-electron chi connectivity index (χ3n) is 5.58. The summed E-state index contributed by atoms with van der Waals surface area (Å²) in [6.45, 7) is 8.24. The van der Waals surface area contributed by atoms with Gasteiger partial charge in [-0.15, -0.1) is 0 Å². The summed E-state index contributed by atoms with van der Waals surface area (Å²) in [6, 6.07) is 1.31. The summed E-state index contributed by atoms with van der Waals surface area (Å²) in [5.41, 5.74) is -0.842. The van der Waals surface area contributed by atoms with Crippen molar-refractivity contribution in [3.05, 3.63) is 22.7 Å². The number of aromatic nitrogens is 2. The Morgan fingerprint density at radius 1 is 1.24 bits per heavy atom. The highest BCUT2D eigenvalue weighted by Crippen LogP contribution is 2.41. The predicted molar refractivity (Wildman–Crippen MR) is 114 cm³/mol. The molecule has 1 fully saturated rings. The molecule has 8 unspecified atom stereocenters. The molecule has 12 heteroatoms. The Balaban J connectivity index is 2.30. The first kappa shape index (κ1) is 27.3. The molecule has 1 aromatic heterocycles. The van der Waals surface area contributed by atoms with E-state index in [1.807, 2.05) is 0 Å². The van der Waals surface area contributed by atoms with Crippen LogP contribution in [0.25, 0.3) is 0 Å². The zero-order valence-corrected chi connectivity index (χ0v) is 19.6. The quantitative estimate of drug-likeness (QED) is 0.454. The highest BCUT2D eigenvalue weighted by atomic mass is 19.3. The van der Waals surface area contributed by atoms with E-state index in [-0.39, 0.29) is 5.82 Å². The Labute approximate surface area is 190 Å². The second kappa shape index (κ2) is 11.0. The van der Waals surface area contributed by atoms with Crippen molar-refractivity contribution < 1.29 is 38.0 Å². The molecular weight excluding hydrogens is 444 g/mol. The molecule has 1 aromatic rings. The Hall–Kier alpha value is -1.99. The van der Waals surface area contributed by atoms with Crippen molar-refractivity contribution in [3.8, 4) is 0 Å². The molecule has 8 atom stereocenters. The standard InChI is InChI=1S/C21H33F2N3O7/c1-10(27)12(3)31-14(5)18-19(32-13(4)11(2)28)21(22,23)16(33-18)9-26-8-7-17(24-15(6)29)25-20(26)30/h7-8,10-14,16,18-19,27-28H,9H2,1-6H3,(H,24,25,29,30). The number of nitrogens with zero attached hydrogens (tertiary/aromatic N) is 2. The van der Waals surface area contributed by atoms with Gasteiger partial charge >= 0.3 is 11.6 Å². The molecule has 1 aliphatic rings. The number of ether oxygens (including phenoxy) is 3. The van der Waals surface area contributed by atoms with Crippen molar-refractivity contribution in [2.24, 2.45) is 0 Å². The first-order chi connectivity index (χ1) is 15.2. The summed E-state index contributed by atoms with van der Waals surface area (Å²) < 4.78 is 48.7. The molecule has 0 aliphatic carbocycles. The SMILES string of the molecule is CC(=O)Nc1ccn(CC2OC(C(C)OC(C)C(C)O)C(OC(C)C(C)O)C2(F)F)c(=O)n1. The number of carbonyl (C=O) groups excluding carboxylic acids is 1. The lowest BCUT2D eigenvalue weighted by molar-refractivity contribution is -0.179. The minimum Gasteiger partial charge on any atom is -0.391 e. The molecule has 0 saturated carbocycles. The molecule has 1 amide bonds. The molecule has 1 saturated heterocycles. The Bertz CT molecular complexity index is 865. The molecule has 0 bridgehead atoms. The van der Waals surface area contributed by atoms with Gasteiger partial charge in [0, 0.05) is 13.1 Å². The van der Waals surface area contributed by atoms with Crippen LogP contribution in [0.1, 0.15) is 41.5 Å². The molecule has 2 heterocycles. The van der Waals surface area contributed by atoms with Crippen LogP contribution in [-0.4, -0.2) is 80.4 Å². The van der Waals surface area contributed by atoms with Crippen LogP contribution in [0, 0.1) is 0 Å². The number of halogens is 2. The van der Waals surface area contributed by atoms with Crippen molar-refractivity contribution >= 4 is 11.7 Å².